The first-order valence-electron chi connectivity index (χ1n) is 8.37. The first-order chi connectivity index (χ1) is 11.6. The first kappa shape index (κ1) is 16.3. The van der Waals surface area contributed by atoms with Crippen molar-refractivity contribution in [3.8, 4) is 0 Å². The van der Waals surface area contributed by atoms with Gasteiger partial charge in [-0.25, -0.2) is 0 Å². The van der Waals surface area contributed by atoms with Crippen molar-refractivity contribution in [1.29, 1.82) is 0 Å². The van der Waals surface area contributed by atoms with Gasteiger partial charge < -0.3 is 14.6 Å². The highest BCUT2D eigenvalue weighted by Crippen LogP contribution is 2.22. The normalized spacial score (nSPS) is 15.5. The van der Waals surface area contributed by atoms with Gasteiger partial charge in [0.15, 0.2) is 0 Å². The maximum atomic E-state index is 12.4. The van der Waals surface area contributed by atoms with E-state index in [1.165, 1.54) is 0 Å². The zero-order valence-electron chi connectivity index (χ0n) is 13.8. The van der Waals surface area contributed by atoms with Crippen LogP contribution in [0.25, 0.3) is 0 Å². The number of hydrogen-bond donors (Lipinski definition) is 1. The standard InChI is InChI=1S/C19H22N2O3/c1-14(9-10-17-7-4-12-24-17)20-19(23)15-5-2-6-16(13-15)21-11-3-8-18(21)22/h2,4-7,12-14H,3,8-11H2,1H3,(H,20,23). The molecule has 0 radical (unpaired) electrons. The van der Waals surface area contributed by atoms with Crippen LogP contribution < -0.4 is 10.2 Å². The van der Waals surface area contributed by atoms with E-state index in [2.05, 4.69) is 5.32 Å². The molecule has 24 heavy (non-hydrogen) atoms. The molecule has 1 aliphatic heterocycles. The van der Waals surface area contributed by atoms with E-state index < -0.39 is 0 Å². The molecule has 2 aromatic rings. The van der Waals surface area contributed by atoms with Gasteiger partial charge >= 0.3 is 0 Å². The summed E-state index contributed by atoms with van der Waals surface area (Å²) in [6, 6.07) is 11.1. The lowest BCUT2D eigenvalue weighted by Crippen LogP contribution is -2.33. The maximum Gasteiger partial charge on any atom is 0.251 e. The molecule has 1 saturated heterocycles. The van der Waals surface area contributed by atoms with Crippen LogP contribution in [0.15, 0.2) is 47.1 Å². The molecule has 126 valence electrons. The minimum Gasteiger partial charge on any atom is -0.469 e. The second-order valence-corrected chi connectivity index (χ2v) is 6.19. The molecule has 0 bridgehead atoms. The van der Waals surface area contributed by atoms with Crippen molar-refractivity contribution in [2.24, 2.45) is 0 Å². The number of benzene rings is 1. The van der Waals surface area contributed by atoms with Gasteiger partial charge in [0.1, 0.15) is 5.76 Å². The maximum absolute atomic E-state index is 12.4. The Morgan fingerprint density at radius 2 is 2.21 bits per heavy atom. The molecular weight excluding hydrogens is 304 g/mol. The van der Waals surface area contributed by atoms with E-state index >= 15 is 0 Å². The van der Waals surface area contributed by atoms with Crippen molar-refractivity contribution in [1.82, 2.24) is 5.32 Å². The van der Waals surface area contributed by atoms with Crippen LogP contribution in [-0.2, 0) is 11.2 Å². The second kappa shape index (κ2) is 7.34. The Hall–Kier alpha value is -2.56. The van der Waals surface area contributed by atoms with Gasteiger partial charge in [-0.2, -0.15) is 0 Å². The molecule has 0 spiro atoms. The Bertz CT molecular complexity index is 709. The van der Waals surface area contributed by atoms with Crippen LogP contribution in [-0.4, -0.2) is 24.4 Å². The minimum absolute atomic E-state index is 0.0414. The smallest absolute Gasteiger partial charge is 0.251 e. The minimum atomic E-state index is -0.115. The van der Waals surface area contributed by atoms with E-state index in [0.717, 1.165) is 37.3 Å². The highest BCUT2D eigenvalue weighted by Gasteiger charge is 2.22. The summed E-state index contributed by atoms with van der Waals surface area (Å²) in [5.41, 5.74) is 1.38. The van der Waals surface area contributed by atoms with E-state index in [9.17, 15) is 9.59 Å². The molecule has 0 aliphatic carbocycles. The zero-order valence-corrected chi connectivity index (χ0v) is 13.8. The molecule has 1 aromatic heterocycles. The van der Waals surface area contributed by atoms with Gasteiger partial charge in [0.2, 0.25) is 5.91 Å². The molecule has 1 fully saturated rings. The topological polar surface area (TPSA) is 62.6 Å². The average molecular weight is 326 g/mol. The summed E-state index contributed by atoms with van der Waals surface area (Å²) in [6.07, 6.45) is 4.71. The molecule has 1 aliphatic rings. The van der Waals surface area contributed by atoms with Gasteiger partial charge in [-0.15, -0.1) is 0 Å². The third-order valence-corrected chi connectivity index (χ3v) is 4.27. The van der Waals surface area contributed by atoms with Crippen molar-refractivity contribution in [3.05, 3.63) is 54.0 Å². The summed E-state index contributed by atoms with van der Waals surface area (Å²) in [4.78, 5) is 26.0. The third kappa shape index (κ3) is 3.85. The summed E-state index contributed by atoms with van der Waals surface area (Å²) >= 11 is 0. The lowest BCUT2D eigenvalue weighted by Gasteiger charge is -2.17. The lowest BCUT2D eigenvalue weighted by molar-refractivity contribution is -0.117. The molecule has 2 heterocycles. The van der Waals surface area contributed by atoms with Crippen molar-refractivity contribution in [2.45, 2.75) is 38.6 Å². The first-order valence-corrected chi connectivity index (χ1v) is 8.37. The summed E-state index contributed by atoms with van der Waals surface area (Å²) in [6.45, 7) is 2.71. The molecule has 1 N–H and O–H groups in total. The van der Waals surface area contributed by atoms with E-state index in [1.807, 2.05) is 31.2 Å². The van der Waals surface area contributed by atoms with Crippen molar-refractivity contribution < 1.29 is 14.0 Å². The predicted octanol–water partition coefficient (Wildman–Crippen LogP) is 3.16. The SMILES string of the molecule is CC(CCc1ccco1)NC(=O)c1cccc(N2CCCC2=O)c1. The van der Waals surface area contributed by atoms with Gasteiger partial charge in [-0.3, -0.25) is 9.59 Å². The van der Waals surface area contributed by atoms with Crippen LogP contribution in [0.4, 0.5) is 5.69 Å². The number of carbonyl (C=O) groups excluding carboxylic acids is 2. The summed E-state index contributed by atoms with van der Waals surface area (Å²) < 4.78 is 5.31. The largest absolute Gasteiger partial charge is 0.469 e. The zero-order chi connectivity index (χ0) is 16.9. The van der Waals surface area contributed by atoms with Crippen LogP contribution in [0.1, 0.15) is 42.3 Å². The van der Waals surface area contributed by atoms with E-state index in [0.29, 0.717) is 12.0 Å². The van der Waals surface area contributed by atoms with Gasteiger partial charge in [0, 0.05) is 36.7 Å². The number of amides is 2. The molecule has 1 aromatic carbocycles. The molecular formula is C19H22N2O3. The highest BCUT2D eigenvalue weighted by atomic mass is 16.3. The Morgan fingerprint density at radius 1 is 1.33 bits per heavy atom. The molecule has 1 atom stereocenters. The van der Waals surface area contributed by atoms with E-state index in [1.54, 1.807) is 23.3 Å². The van der Waals surface area contributed by atoms with Crippen LogP contribution >= 0.6 is 0 Å². The number of anilines is 1. The van der Waals surface area contributed by atoms with Gasteiger partial charge in [-0.1, -0.05) is 6.07 Å². The number of nitrogens with zero attached hydrogens (tertiary/aromatic N) is 1. The Labute approximate surface area is 141 Å². The number of aryl methyl sites for hydroxylation is 1. The van der Waals surface area contributed by atoms with Crippen molar-refractivity contribution in [2.75, 3.05) is 11.4 Å². The summed E-state index contributed by atoms with van der Waals surface area (Å²) in [7, 11) is 0. The number of furan rings is 1. The molecule has 0 saturated carbocycles. The summed E-state index contributed by atoms with van der Waals surface area (Å²) in [5, 5.41) is 3.00. The second-order valence-electron chi connectivity index (χ2n) is 6.19. The molecule has 2 amide bonds. The van der Waals surface area contributed by atoms with Crippen LogP contribution in [0.2, 0.25) is 0 Å². The molecule has 5 nitrogen and oxygen atoms in total. The van der Waals surface area contributed by atoms with Crippen LogP contribution in [0.5, 0.6) is 0 Å². The highest BCUT2D eigenvalue weighted by molar-refractivity contribution is 5.99. The third-order valence-electron chi connectivity index (χ3n) is 4.27. The van der Waals surface area contributed by atoms with Crippen LogP contribution in [0, 0.1) is 0 Å². The molecule has 3 rings (SSSR count). The monoisotopic (exact) mass is 326 g/mol. The number of hydrogen-bond acceptors (Lipinski definition) is 3. The fraction of sp³-hybridized carbons (Fsp3) is 0.368. The van der Waals surface area contributed by atoms with Crippen molar-refractivity contribution in [3.63, 3.8) is 0 Å². The quantitative estimate of drug-likeness (QED) is 0.887. The fourth-order valence-electron chi connectivity index (χ4n) is 2.93. The van der Waals surface area contributed by atoms with Gasteiger partial charge in [0.05, 0.1) is 6.26 Å². The van der Waals surface area contributed by atoms with Gasteiger partial charge in [0.25, 0.3) is 5.91 Å². The van der Waals surface area contributed by atoms with E-state index in [4.69, 9.17) is 4.42 Å². The van der Waals surface area contributed by atoms with Crippen LogP contribution in [0.3, 0.4) is 0 Å². The Balaban J connectivity index is 1.59. The fourth-order valence-corrected chi connectivity index (χ4v) is 2.93. The van der Waals surface area contributed by atoms with Crippen molar-refractivity contribution >= 4 is 17.5 Å². The van der Waals surface area contributed by atoms with Gasteiger partial charge in [-0.05, 0) is 50.1 Å². The number of nitrogens with one attached hydrogen (secondary N) is 1. The van der Waals surface area contributed by atoms with E-state index in [-0.39, 0.29) is 17.9 Å². The summed E-state index contributed by atoms with van der Waals surface area (Å²) in [5.74, 6) is 0.931. The lowest BCUT2D eigenvalue weighted by atomic mass is 10.1. The number of rotatable bonds is 6. The molecule has 5 heteroatoms. The molecule has 1 unspecified atom stereocenters. The Kier molecular flexibility index (Phi) is 4.99. The average Bonchev–Trinajstić information content (AvgIpc) is 3.24. The predicted molar refractivity (Wildman–Crippen MR) is 92.0 cm³/mol. The number of carbonyl (C=O) groups is 2. The Morgan fingerprint density at radius 3 is 2.92 bits per heavy atom.